The molecule has 1 rings (SSSR count). The van der Waals surface area contributed by atoms with Crippen LogP contribution in [0.1, 0.15) is 16.1 Å². The van der Waals surface area contributed by atoms with E-state index in [2.05, 4.69) is 4.98 Å². The number of amides is 1. The van der Waals surface area contributed by atoms with Crippen molar-refractivity contribution >= 4 is 18.3 Å². The lowest BCUT2D eigenvalue weighted by Gasteiger charge is -1.80. The minimum atomic E-state index is -0.510. The molecule has 0 fully saturated rings. The summed E-state index contributed by atoms with van der Waals surface area (Å²) in [6, 6.07) is 1.62. The van der Waals surface area contributed by atoms with Crippen LogP contribution in [0, 0.1) is 0 Å². The van der Waals surface area contributed by atoms with Crippen molar-refractivity contribution in [3.8, 4) is 0 Å². The van der Waals surface area contributed by atoms with Crippen LogP contribution in [0.2, 0.25) is 0 Å². The summed E-state index contributed by atoms with van der Waals surface area (Å²) in [6.45, 7) is 0. The van der Waals surface area contributed by atoms with Gasteiger partial charge >= 0.3 is 0 Å². The summed E-state index contributed by atoms with van der Waals surface area (Å²) in [6.07, 6.45) is 5.08. The van der Waals surface area contributed by atoms with Gasteiger partial charge in [-0.3, -0.25) is 9.59 Å². The zero-order chi connectivity index (χ0) is 8.97. The second-order valence-electron chi connectivity index (χ2n) is 2.24. The standard InChI is InChI=1S/C8H8N2O2/c9-8(12)2-1-6-3-7(5-11)10-4-6/h1-5,10H,(H2,9,12). The molecule has 62 valence electrons. The van der Waals surface area contributed by atoms with Gasteiger partial charge in [0.05, 0.1) is 5.69 Å². The average molecular weight is 164 g/mol. The highest BCUT2D eigenvalue weighted by molar-refractivity contribution is 5.90. The highest BCUT2D eigenvalue weighted by Crippen LogP contribution is 2.02. The first kappa shape index (κ1) is 8.26. The third kappa shape index (κ3) is 2.09. The van der Waals surface area contributed by atoms with Gasteiger partial charge in [0.15, 0.2) is 6.29 Å². The van der Waals surface area contributed by atoms with E-state index in [-0.39, 0.29) is 0 Å². The molecule has 1 amide bonds. The Labute approximate surface area is 69.1 Å². The normalized spacial score (nSPS) is 10.3. The lowest BCUT2D eigenvalue weighted by molar-refractivity contribution is -0.113. The molecule has 4 heteroatoms. The highest BCUT2D eigenvalue weighted by Gasteiger charge is 1.93. The van der Waals surface area contributed by atoms with E-state index >= 15 is 0 Å². The summed E-state index contributed by atoms with van der Waals surface area (Å²) in [5, 5.41) is 0. The first-order valence-corrected chi connectivity index (χ1v) is 3.33. The van der Waals surface area contributed by atoms with Gasteiger partial charge in [0, 0.05) is 12.3 Å². The third-order valence-corrected chi connectivity index (χ3v) is 1.29. The number of aldehydes is 1. The third-order valence-electron chi connectivity index (χ3n) is 1.29. The molecule has 0 spiro atoms. The molecule has 0 aliphatic rings. The number of nitrogens with one attached hydrogen (secondary N) is 1. The molecule has 12 heavy (non-hydrogen) atoms. The predicted octanol–water partition coefficient (Wildman–Crippen LogP) is 0.326. The molecule has 0 unspecified atom stereocenters. The fourth-order valence-corrected chi connectivity index (χ4v) is 0.772. The lowest BCUT2D eigenvalue weighted by atomic mass is 10.3. The Bertz CT molecular complexity index is 326. The summed E-state index contributed by atoms with van der Waals surface area (Å²) < 4.78 is 0. The summed E-state index contributed by atoms with van der Waals surface area (Å²) >= 11 is 0. The number of nitrogens with two attached hydrogens (primary N) is 1. The van der Waals surface area contributed by atoms with Gasteiger partial charge in [-0.05, 0) is 17.7 Å². The van der Waals surface area contributed by atoms with E-state index in [1.807, 2.05) is 0 Å². The van der Waals surface area contributed by atoms with E-state index < -0.39 is 5.91 Å². The van der Waals surface area contributed by atoms with Gasteiger partial charge in [-0.2, -0.15) is 0 Å². The molecular formula is C8H8N2O2. The molecule has 0 radical (unpaired) electrons. The van der Waals surface area contributed by atoms with E-state index in [1.54, 1.807) is 12.3 Å². The quantitative estimate of drug-likeness (QED) is 0.498. The van der Waals surface area contributed by atoms with Gasteiger partial charge in [-0.15, -0.1) is 0 Å². The van der Waals surface area contributed by atoms with Crippen molar-refractivity contribution in [2.24, 2.45) is 5.73 Å². The van der Waals surface area contributed by atoms with Crippen molar-refractivity contribution in [1.29, 1.82) is 0 Å². The maximum Gasteiger partial charge on any atom is 0.241 e. The van der Waals surface area contributed by atoms with Crippen molar-refractivity contribution in [2.75, 3.05) is 0 Å². The Hall–Kier alpha value is -1.84. The van der Waals surface area contributed by atoms with Gasteiger partial charge in [-0.25, -0.2) is 0 Å². The molecule has 1 aromatic heterocycles. The molecule has 1 heterocycles. The van der Waals surface area contributed by atoms with E-state index in [1.165, 1.54) is 12.2 Å². The number of aromatic amines is 1. The molecule has 0 aliphatic heterocycles. The van der Waals surface area contributed by atoms with E-state index in [9.17, 15) is 9.59 Å². The molecule has 4 nitrogen and oxygen atoms in total. The maximum absolute atomic E-state index is 10.3. The van der Waals surface area contributed by atoms with Crippen LogP contribution in [-0.2, 0) is 4.79 Å². The second-order valence-corrected chi connectivity index (χ2v) is 2.24. The van der Waals surface area contributed by atoms with E-state index in [0.717, 1.165) is 5.56 Å². The average Bonchev–Trinajstić information content (AvgIpc) is 2.48. The highest BCUT2D eigenvalue weighted by atomic mass is 16.1. The van der Waals surface area contributed by atoms with Gasteiger partial charge < -0.3 is 10.7 Å². The fraction of sp³-hybridized carbons (Fsp3) is 0. The maximum atomic E-state index is 10.3. The molecule has 1 aromatic rings. The Kier molecular flexibility index (Phi) is 2.42. The molecule has 0 saturated carbocycles. The molecule has 0 bridgehead atoms. The Morgan fingerprint density at radius 3 is 2.83 bits per heavy atom. The molecule has 3 N–H and O–H groups in total. The predicted molar refractivity (Wildman–Crippen MR) is 44.4 cm³/mol. The SMILES string of the molecule is NC(=O)C=Cc1c[nH]c(C=O)c1. The zero-order valence-corrected chi connectivity index (χ0v) is 6.28. The monoisotopic (exact) mass is 164 g/mol. The number of rotatable bonds is 3. The van der Waals surface area contributed by atoms with Crippen LogP contribution in [0.25, 0.3) is 6.08 Å². The number of hydrogen-bond donors (Lipinski definition) is 2. The van der Waals surface area contributed by atoms with Crippen molar-refractivity contribution in [3.63, 3.8) is 0 Å². The molecule has 0 saturated heterocycles. The largest absolute Gasteiger partial charge is 0.366 e. The number of H-pyrrole nitrogens is 1. The van der Waals surface area contributed by atoms with Crippen molar-refractivity contribution in [2.45, 2.75) is 0 Å². The number of carbonyl (C=O) groups excluding carboxylic acids is 2. The topological polar surface area (TPSA) is 76.0 Å². The minimum Gasteiger partial charge on any atom is -0.366 e. The van der Waals surface area contributed by atoms with Gasteiger partial charge in [-0.1, -0.05) is 0 Å². The Balaban J connectivity index is 2.76. The first-order valence-electron chi connectivity index (χ1n) is 3.33. The Morgan fingerprint density at radius 1 is 1.58 bits per heavy atom. The summed E-state index contributed by atoms with van der Waals surface area (Å²) in [5.41, 5.74) is 6.09. The molecule has 0 aliphatic carbocycles. The van der Waals surface area contributed by atoms with Crippen molar-refractivity contribution < 1.29 is 9.59 Å². The number of aromatic nitrogens is 1. The molecule has 0 atom stereocenters. The fourth-order valence-electron chi connectivity index (χ4n) is 0.772. The van der Waals surface area contributed by atoms with Gasteiger partial charge in [0.25, 0.3) is 0 Å². The molecular weight excluding hydrogens is 156 g/mol. The van der Waals surface area contributed by atoms with Crippen molar-refractivity contribution in [1.82, 2.24) is 4.98 Å². The van der Waals surface area contributed by atoms with Crippen LogP contribution in [0.3, 0.4) is 0 Å². The number of hydrogen-bond acceptors (Lipinski definition) is 2. The van der Waals surface area contributed by atoms with Gasteiger partial charge in [0.1, 0.15) is 0 Å². The van der Waals surface area contributed by atoms with Crippen LogP contribution >= 0.6 is 0 Å². The first-order chi connectivity index (χ1) is 5.72. The van der Waals surface area contributed by atoms with E-state index in [4.69, 9.17) is 5.73 Å². The zero-order valence-electron chi connectivity index (χ0n) is 6.28. The molecule has 0 aromatic carbocycles. The van der Waals surface area contributed by atoms with E-state index in [0.29, 0.717) is 12.0 Å². The number of primary amides is 1. The minimum absolute atomic E-state index is 0.471. The Morgan fingerprint density at radius 2 is 2.33 bits per heavy atom. The number of carbonyl (C=O) groups is 2. The van der Waals surface area contributed by atoms with Gasteiger partial charge in [0.2, 0.25) is 5.91 Å². The van der Waals surface area contributed by atoms with Crippen molar-refractivity contribution in [3.05, 3.63) is 29.6 Å². The van der Waals surface area contributed by atoms with Crippen LogP contribution in [-0.4, -0.2) is 17.2 Å². The lowest BCUT2D eigenvalue weighted by Crippen LogP contribution is -2.04. The summed E-state index contributed by atoms with van der Waals surface area (Å²) in [4.78, 5) is 23.2. The van der Waals surface area contributed by atoms with Crippen LogP contribution in [0.5, 0.6) is 0 Å². The summed E-state index contributed by atoms with van der Waals surface area (Å²) in [5.74, 6) is -0.510. The van der Waals surface area contributed by atoms with Crippen LogP contribution < -0.4 is 5.73 Å². The second kappa shape index (κ2) is 3.52. The van der Waals surface area contributed by atoms with Crippen LogP contribution in [0.4, 0.5) is 0 Å². The smallest absolute Gasteiger partial charge is 0.241 e. The summed E-state index contributed by atoms with van der Waals surface area (Å²) in [7, 11) is 0. The van der Waals surface area contributed by atoms with Crippen LogP contribution in [0.15, 0.2) is 18.3 Å².